The van der Waals surface area contributed by atoms with E-state index in [0.717, 1.165) is 0 Å². The quantitative estimate of drug-likeness (QED) is 0.535. The predicted octanol–water partition coefficient (Wildman–Crippen LogP) is -0.303. The van der Waals surface area contributed by atoms with Crippen molar-refractivity contribution in [2.75, 3.05) is 0 Å². The second-order valence-electron chi connectivity index (χ2n) is 0. The summed E-state index contributed by atoms with van der Waals surface area (Å²) >= 11 is 0. The van der Waals surface area contributed by atoms with Crippen molar-refractivity contribution in [1.82, 2.24) is 0 Å². The Bertz CT molecular complexity index is 8.75. The molecule has 6 heavy (non-hydrogen) atoms. The summed E-state index contributed by atoms with van der Waals surface area (Å²) in [6.07, 6.45) is 0. The summed E-state index contributed by atoms with van der Waals surface area (Å²) in [5, 5.41) is 0. The SMILES string of the molecule is P.[O-2].[O-2].[O-2].[Y+3].[Y+3]. The molecule has 0 N–H and O–H groups in total. The molecule has 0 saturated carbocycles. The molecule has 0 saturated heterocycles. The van der Waals surface area contributed by atoms with Gasteiger partial charge in [0.2, 0.25) is 0 Å². The molecular weight excluding hydrogens is 257 g/mol. The summed E-state index contributed by atoms with van der Waals surface area (Å²) in [6.45, 7) is 0. The molecule has 0 aromatic heterocycles. The second kappa shape index (κ2) is 50.4. The molecule has 1 atom stereocenters. The van der Waals surface area contributed by atoms with Crippen molar-refractivity contribution in [2.45, 2.75) is 0 Å². The predicted molar refractivity (Wildman–Crippen MR) is 13.2 cm³/mol. The van der Waals surface area contributed by atoms with Crippen LogP contribution < -0.4 is 0 Å². The van der Waals surface area contributed by atoms with E-state index in [1.807, 2.05) is 0 Å². The maximum Gasteiger partial charge on any atom is 3.00 e. The first-order valence-corrected chi connectivity index (χ1v) is 0. The van der Waals surface area contributed by atoms with Gasteiger partial charge in [-0.2, -0.15) is 9.90 Å². The Hall–Kier alpha value is 2.52. The Kier molecular flexibility index (Phi) is 638. The molecule has 0 aromatic rings. The summed E-state index contributed by atoms with van der Waals surface area (Å²) in [6, 6.07) is 0. The van der Waals surface area contributed by atoms with Crippen molar-refractivity contribution in [3.05, 3.63) is 0 Å². The van der Waals surface area contributed by atoms with Gasteiger partial charge in [-0.1, -0.05) is 0 Å². The maximum absolute atomic E-state index is 0. The fourth-order valence-electron chi connectivity index (χ4n) is 0. The Labute approximate surface area is 90.3 Å². The third-order valence-electron chi connectivity index (χ3n) is 0. The molecular formula is H3O3PY2. The Balaban J connectivity index is 0. The fraction of sp³-hybridized carbons (Fsp3) is 0. The van der Waals surface area contributed by atoms with E-state index in [0.29, 0.717) is 0 Å². The van der Waals surface area contributed by atoms with Crippen molar-refractivity contribution >= 4 is 9.90 Å². The Morgan fingerprint density at radius 3 is 0.500 bits per heavy atom. The third kappa shape index (κ3) is 31.3. The van der Waals surface area contributed by atoms with E-state index in [-0.39, 0.29) is 91.7 Å². The molecule has 0 fully saturated rings. The van der Waals surface area contributed by atoms with Gasteiger partial charge in [0.15, 0.2) is 0 Å². The van der Waals surface area contributed by atoms with Gasteiger partial charge < -0.3 is 16.4 Å². The van der Waals surface area contributed by atoms with Gasteiger partial charge in [-0.05, 0) is 0 Å². The number of rotatable bonds is 0. The number of hydrogen-bond donors (Lipinski definition) is 0. The number of hydrogen-bond acceptors (Lipinski definition) is 0. The van der Waals surface area contributed by atoms with Crippen LogP contribution >= 0.6 is 9.90 Å². The zero-order valence-electron chi connectivity index (χ0n) is 3.09. The van der Waals surface area contributed by atoms with Crippen LogP contribution in [0.3, 0.4) is 0 Å². The molecule has 0 rings (SSSR count). The zero-order valence-corrected chi connectivity index (χ0v) is 10.2. The van der Waals surface area contributed by atoms with Crippen LogP contribution in [-0.4, -0.2) is 0 Å². The van der Waals surface area contributed by atoms with Crippen molar-refractivity contribution in [2.24, 2.45) is 0 Å². The summed E-state index contributed by atoms with van der Waals surface area (Å²) in [7, 11) is 0. The van der Waals surface area contributed by atoms with E-state index in [9.17, 15) is 0 Å². The van der Waals surface area contributed by atoms with Crippen LogP contribution in [0.1, 0.15) is 0 Å². The normalized spacial score (nSPS) is 0. The average Bonchev–Trinajstić information content (AvgIpc) is 0. The monoisotopic (exact) mass is 260 g/mol. The summed E-state index contributed by atoms with van der Waals surface area (Å²) in [5.74, 6) is 0. The van der Waals surface area contributed by atoms with Gasteiger partial charge in [0, 0.05) is 0 Å². The zero-order chi connectivity index (χ0) is 0. The molecule has 6 heteroatoms. The minimum absolute atomic E-state index is 0. The van der Waals surface area contributed by atoms with Gasteiger partial charge in [-0.25, -0.2) is 0 Å². The van der Waals surface area contributed by atoms with Crippen LogP contribution in [0.2, 0.25) is 0 Å². The third-order valence-corrected chi connectivity index (χ3v) is 0. The maximum atomic E-state index is 0. The van der Waals surface area contributed by atoms with Crippen molar-refractivity contribution in [3.63, 3.8) is 0 Å². The van der Waals surface area contributed by atoms with Gasteiger partial charge >= 0.3 is 65.4 Å². The minimum atomic E-state index is 0. The van der Waals surface area contributed by atoms with Gasteiger partial charge in [0.05, 0.1) is 0 Å². The molecule has 0 aromatic carbocycles. The smallest absolute Gasteiger partial charge is 2.00 e. The summed E-state index contributed by atoms with van der Waals surface area (Å²) in [5.41, 5.74) is 0. The van der Waals surface area contributed by atoms with Crippen LogP contribution in [0.15, 0.2) is 0 Å². The molecule has 0 aliphatic carbocycles. The summed E-state index contributed by atoms with van der Waals surface area (Å²) in [4.78, 5) is 0. The van der Waals surface area contributed by atoms with E-state index < -0.39 is 0 Å². The van der Waals surface area contributed by atoms with Gasteiger partial charge in [-0.3, -0.25) is 0 Å². The standard InChI is InChI=1S/3O.H3P.2Y/h;;;1H3;;/q3*-2;;2*+3. The molecule has 3 nitrogen and oxygen atoms in total. The van der Waals surface area contributed by atoms with E-state index in [4.69, 9.17) is 0 Å². The molecule has 0 spiro atoms. The van der Waals surface area contributed by atoms with Crippen molar-refractivity contribution in [1.29, 1.82) is 0 Å². The Morgan fingerprint density at radius 2 is 0.500 bits per heavy atom. The van der Waals surface area contributed by atoms with Crippen LogP contribution in [0.25, 0.3) is 0 Å². The van der Waals surface area contributed by atoms with Crippen LogP contribution in [-0.2, 0) is 81.8 Å². The first-order valence-electron chi connectivity index (χ1n) is 0. The molecule has 1 unspecified atom stereocenters. The van der Waals surface area contributed by atoms with Gasteiger partial charge in [0.25, 0.3) is 0 Å². The molecule has 0 amide bonds. The fourth-order valence-corrected chi connectivity index (χ4v) is 0. The van der Waals surface area contributed by atoms with E-state index in [1.54, 1.807) is 0 Å². The first-order chi connectivity index (χ1) is 0. The summed E-state index contributed by atoms with van der Waals surface area (Å²) < 4.78 is 0. The van der Waals surface area contributed by atoms with Crippen LogP contribution in [0.4, 0.5) is 0 Å². The van der Waals surface area contributed by atoms with Gasteiger partial charge in [0.1, 0.15) is 0 Å². The van der Waals surface area contributed by atoms with Crippen LogP contribution in [0.5, 0.6) is 0 Å². The van der Waals surface area contributed by atoms with Gasteiger partial charge in [-0.15, -0.1) is 0 Å². The minimum Gasteiger partial charge on any atom is -2.00 e. The van der Waals surface area contributed by atoms with Crippen molar-refractivity contribution < 1.29 is 81.8 Å². The second-order valence-corrected chi connectivity index (χ2v) is 0. The van der Waals surface area contributed by atoms with E-state index in [2.05, 4.69) is 0 Å². The molecule has 0 aliphatic rings. The van der Waals surface area contributed by atoms with E-state index >= 15 is 0 Å². The molecule has 0 radical (unpaired) electrons. The molecule has 32 valence electrons. The molecule has 0 bridgehead atoms. The van der Waals surface area contributed by atoms with E-state index in [1.165, 1.54) is 0 Å². The topological polar surface area (TPSA) is 85.5 Å². The average molecular weight is 260 g/mol. The van der Waals surface area contributed by atoms with Crippen molar-refractivity contribution in [3.8, 4) is 0 Å². The largest absolute Gasteiger partial charge is 3.00 e. The first kappa shape index (κ1) is 75.9. The molecule has 0 aliphatic heterocycles. The molecule has 0 heterocycles. The Morgan fingerprint density at radius 1 is 0.500 bits per heavy atom. The van der Waals surface area contributed by atoms with Crippen LogP contribution in [0, 0.1) is 0 Å².